The number of rotatable bonds is 2. The Labute approximate surface area is 388 Å². The van der Waals surface area contributed by atoms with Crippen LogP contribution in [0.25, 0.3) is 110 Å². The highest BCUT2D eigenvalue weighted by molar-refractivity contribution is 6.94. The topological polar surface area (TPSA) is 25.7 Å². The molecule has 0 aliphatic carbocycles. The number of furan rings is 1. The highest BCUT2D eigenvalue weighted by atomic mass is 16.3. The normalized spacial score (nSPS) is 13.8. The summed E-state index contributed by atoms with van der Waals surface area (Å²) in [5.74, 6) is 0. The lowest BCUT2D eigenvalue weighted by Crippen LogP contribution is -2.60. The van der Waals surface area contributed by atoms with Crippen LogP contribution in [-0.2, 0) is 10.8 Å². The van der Waals surface area contributed by atoms with Gasteiger partial charge < -0.3 is 18.2 Å². The Hall–Kier alpha value is -7.76. The summed E-state index contributed by atoms with van der Waals surface area (Å²) in [6, 6.07) is 64.1. The maximum absolute atomic E-state index is 7.22. The first-order chi connectivity index (χ1) is 32.5. The molecule has 0 saturated carbocycles. The van der Waals surface area contributed by atoms with Crippen molar-refractivity contribution in [1.82, 2.24) is 8.97 Å². The van der Waals surface area contributed by atoms with Crippen molar-refractivity contribution in [3.8, 4) is 27.9 Å². The number of nitrogens with zero attached hydrogens (tertiary/aromatic N) is 3. The molecule has 318 valence electrons. The van der Waals surface area contributed by atoms with E-state index >= 15 is 0 Å². The Bertz CT molecular complexity index is 4290. The molecule has 0 amide bonds. The Balaban J connectivity index is 1.17. The van der Waals surface area contributed by atoms with Gasteiger partial charge in [-0.3, -0.25) is 0 Å². The monoisotopic (exact) mass is 859 g/mol. The number of hydrogen-bond donors (Lipinski definition) is 0. The fourth-order valence-corrected chi connectivity index (χ4v) is 12.4. The van der Waals surface area contributed by atoms with E-state index in [-0.39, 0.29) is 17.7 Å². The van der Waals surface area contributed by atoms with Gasteiger partial charge in [-0.15, -0.1) is 0 Å². The van der Waals surface area contributed by atoms with Crippen molar-refractivity contribution in [3.63, 3.8) is 0 Å². The van der Waals surface area contributed by atoms with Gasteiger partial charge in [0.05, 0.1) is 33.3 Å². The van der Waals surface area contributed by atoms with Crippen LogP contribution in [-0.4, -0.2) is 15.8 Å². The van der Waals surface area contributed by atoms with Gasteiger partial charge in [-0.05, 0) is 110 Å². The van der Waals surface area contributed by atoms with Gasteiger partial charge >= 0.3 is 6.85 Å². The summed E-state index contributed by atoms with van der Waals surface area (Å²) in [6.45, 7) is 13.9. The number of hydrogen-bond acceptors (Lipinski definition) is 2. The van der Waals surface area contributed by atoms with Crippen LogP contribution in [0.5, 0.6) is 0 Å². The van der Waals surface area contributed by atoms with Gasteiger partial charge in [-0.25, -0.2) is 0 Å². The van der Waals surface area contributed by atoms with Gasteiger partial charge in [-0.1, -0.05) is 151 Å². The summed E-state index contributed by atoms with van der Waals surface area (Å²) in [5.41, 5.74) is 21.7. The lowest BCUT2D eigenvalue weighted by Gasteiger charge is -2.42. The molecule has 0 fully saturated rings. The molecule has 2 aliphatic heterocycles. The van der Waals surface area contributed by atoms with Crippen LogP contribution in [0.2, 0.25) is 0 Å². The van der Waals surface area contributed by atoms with Crippen LogP contribution in [0.1, 0.15) is 52.7 Å². The molecule has 6 heterocycles. The molecule has 0 bridgehead atoms. The van der Waals surface area contributed by atoms with Crippen molar-refractivity contribution in [1.29, 1.82) is 0 Å². The molecule has 0 saturated heterocycles. The van der Waals surface area contributed by atoms with Crippen molar-refractivity contribution < 1.29 is 4.42 Å². The molecule has 15 rings (SSSR count). The summed E-state index contributed by atoms with van der Waals surface area (Å²) in [7, 11) is 0. The van der Waals surface area contributed by atoms with Gasteiger partial charge in [0.2, 0.25) is 0 Å². The lowest BCUT2D eigenvalue weighted by molar-refractivity contribution is 0.590. The van der Waals surface area contributed by atoms with Crippen molar-refractivity contribution in [2.24, 2.45) is 0 Å². The molecular weight excluding hydrogens is 814 g/mol. The molecule has 0 spiro atoms. The Morgan fingerprint density at radius 1 is 0.478 bits per heavy atom. The van der Waals surface area contributed by atoms with Crippen molar-refractivity contribution in [3.05, 3.63) is 181 Å². The molecule has 0 radical (unpaired) electrons. The molecule has 0 unspecified atom stereocenters. The molecule has 0 N–H and O–H groups in total. The van der Waals surface area contributed by atoms with Crippen LogP contribution < -0.4 is 15.7 Å². The maximum Gasteiger partial charge on any atom is 0.333 e. The lowest BCUT2D eigenvalue weighted by atomic mass is 9.43. The quantitative estimate of drug-likeness (QED) is 0.162. The minimum Gasteiger partial charge on any atom is -0.454 e. The first kappa shape index (κ1) is 37.5. The highest BCUT2D eigenvalue weighted by Gasteiger charge is 2.47. The van der Waals surface area contributed by atoms with Crippen LogP contribution in [0.15, 0.2) is 174 Å². The molecular formula is C62H46BN3O. The van der Waals surface area contributed by atoms with Crippen molar-refractivity contribution in [2.75, 3.05) is 4.81 Å². The molecule has 0 atom stereocenters. The summed E-state index contributed by atoms with van der Waals surface area (Å²) in [4.78, 5) is 2.68. The predicted octanol–water partition coefficient (Wildman–Crippen LogP) is 15.3. The summed E-state index contributed by atoms with van der Waals surface area (Å²) in [6.07, 6.45) is 0. The van der Waals surface area contributed by atoms with E-state index in [4.69, 9.17) is 4.42 Å². The van der Waals surface area contributed by atoms with E-state index in [1.165, 1.54) is 110 Å². The smallest absolute Gasteiger partial charge is 0.333 e. The Kier molecular flexibility index (Phi) is 7.03. The van der Waals surface area contributed by atoms with Gasteiger partial charge in [-0.2, -0.15) is 0 Å². The zero-order valence-electron chi connectivity index (χ0n) is 38.5. The van der Waals surface area contributed by atoms with E-state index in [2.05, 4.69) is 225 Å². The van der Waals surface area contributed by atoms with Gasteiger partial charge in [0.15, 0.2) is 5.58 Å². The molecule has 4 aromatic heterocycles. The second-order valence-electron chi connectivity index (χ2n) is 21.3. The van der Waals surface area contributed by atoms with Gasteiger partial charge in [0.25, 0.3) is 0 Å². The number of aromatic nitrogens is 2. The van der Waals surface area contributed by atoms with Gasteiger partial charge in [0, 0.05) is 60.0 Å². The van der Waals surface area contributed by atoms with Gasteiger partial charge in [0.1, 0.15) is 5.58 Å². The van der Waals surface area contributed by atoms with E-state index in [0.717, 1.165) is 33.3 Å². The van der Waals surface area contributed by atoms with E-state index in [9.17, 15) is 0 Å². The summed E-state index contributed by atoms with van der Waals surface area (Å²) >= 11 is 0. The first-order valence-corrected chi connectivity index (χ1v) is 23.8. The van der Waals surface area contributed by atoms with E-state index in [1.807, 2.05) is 0 Å². The van der Waals surface area contributed by atoms with E-state index in [1.54, 1.807) is 0 Å². The zero-order valence-corrected chi connectivity index (χ0v) is 38.5. The number of anilines is 2. The van der Waals surface area contributed by atoms with Crippen molar-refractivity contribution >= 4 is 111 Å². The zero-order chi connectivity index (χ0) is 44.8. The largest absolute Gasteiger partial charge is 0.454 e. The Morgan fingerprint density at radius 3 is 1.97 bits per heavy atom. The van der Waals surface area contributed by atoms with E-state index < -0.39 is 0 Å². The molecule has 2 aliphatic rings. The fourth-order valence-electron chi connectivity index (χ4n) is 12.4. The van der Waals surface area contributed by atoms with Crippen molar-refractivity contribution in [2.45, 2.75) is 52.4 Å². The highest BCUT2D eigenvalue weighted by Crippen LogP contribution is 2.53. The third-order valence-electron chi connectivity index (χ3n) is 15.5. The number of fused-ring (bicyclic) bond motifs is 18. The van der Waals surface area contributed by atoms with Crippen LogP contribution in [0, 0.1) is 0 Å². The van der Waals surface area contributed by atoms with Crippen LogP contribution in [0.3, 0.4) is 0 Å². The maximum atomic E-state index is 7.22. The molecule has 9 aromatic carbocycles. The standard InChI is InChI=1S/C62H46BN3O/c1-61(2,3)37-25-28-50-44(31-37)45-32-38(62(4,5)6)33-48-58(45)65(50)59-56-47(34-46-41-18-11-13-22-53(41)67-60(46)59)55-52(66(63(48)56)39-26-23-36(24-27-39)35-15-8-7-9-16-35)30-29-51-54(55)43-20-14-19-42-40-17-10-12-21-49(40)64(51)57(42)43/h7-34H,1-6H3. The molecule has 13 aromatic rings. The fraction of sp³-hybridized carbons (Fsp3) is 0.129. The van der Waals surface area contributed by atoms with E-state index in [0.29, 0.717) is 0 Å². The second kappa shape index (κ2) is 12.6. The molecule has 5 heteroatoms. The third kappa shape index (κ3) is 4.78. The third-order valence-corrected chi connectivity index (χ3v) is 15.5. The second-order valence-corrected chi connectivity index (χ2v) is 21.3. The minimum atomic E-state index is -0.170. The SMILES string of the molecule is CC(C)(C)c1ccc2c(c1)c1cc(C(C)(C)C)cc3c1n2-c1c2c(cc4c1oc1ccccc14)-c1c(ccc4c1c1cccc5c6ccccc6n4c51)N(c1ccc(-c4ccccc4)cc1)B23. The summed E-state index contributed by atoms with van der Waals surface area (Å²) in [5, 5.41) is 10.00. The molecule has 67 heavy (non-hydrogen) atoms. The number of para-hydroxylation sites is 3. The first-order valence-electron chi connectivity index (χ1n) is 23.8. The Morgan fingerprint density at radius 2 is 1.16 bits per heavy atom. The average molecular weight is 860 g/mol. The predicted molar refractivity (Wildman–Crippen MR) is 285 cm³/mol. The van der Waals surface area contributed by atoms with Crippen LogP contribution in [0.4, 0.5) is 11.4 Å². The minimum absolute atomic E-state index is 0.0202. The molecule has 4 nitrogen and oxygen atoms in total. The van der Waals surface area contributed by atoms with Crippen LogP contribution >= 0.6 is 0 Å². The number of benzene rings is 9. The average Bonchev–Trinajstić information content (AvgIpc) is 4.08. The summed E-state index contributed by atoms with van der Waals surface area (Å²) < 4.78 is 12.3.